The zero-order chi connectivity index (χ0) is 22.4. The maximum Gasteiger partial charge on any atom is 0.309 e. The predicted molar refractivity (Wildman–Crippen MR) is 119 cm³/mol. The number of halogens is 1. The van der Waals surface area contributed by atoms with Crippen LogP contribution in [0, 0.1) is 10.1 Å². The lowest BCUT2D eigenvalue weighted by atomic mass is 10.2. The van der Waals surface area contributed by atoms with Crippen LogP contribution in [0.15, 0.2) is 64.6 Å². The zero-order valence-electron chi connectivity index (χ0n) is 17.2. The van der Waals surface area contributed by atoms with Gasteiger partial charge in [0.15, 0.2) is 11.4 Å². The van der Waals surface area contributed by atoms with E-state index >= 15 is 0 Å². The van der Waals surface area contributed by atoms with Crippen molar-refractivity contribution in [1.29, 1.82) is 0 Å². The predicted octanol–water partition coefficient (Wildman–Crippen LogP) is 3.41. The lowest BCUT2D eigenvalue weighted by Gasteiger charge is -2.18. The Morgan fingerprint density at radius 1 is 1.35 bits per heavy atom. The highest BCUT2D eigenvalue weighted by atomic mass is 35.5. The largest absolute Gasteiger partial charge is 0.436 e. The van der Waals surface area contributed by atoms with Gasteiger partial charge in [-0.05, 0) is 37.7 Å². The maximum atomic E-state index is 11.8. The van der Waals surface area contributed by atoms with Crippen LogP contribution in [-0.2, 0) is 6.54 Å². The number of rotatable bonds is 5. The number of nitrogens with two attached hydrogens (primary N) is 1. The minimum Gasteiger partial charge on any atom is -0.436 e. The molecular weight excluding hydrogens is 420 g/mol. The molecule has 0 atom stereocenters. The average Bonchev–Trinajstić information content (AvgIpc) is 3.41. The van der Waals surface area contributed by atoms with Crippen LogP contribution in [0.1, 0.15) is 18.4 Å². The minimum absolute atomic E-state index is 0.0378. The number of hydrogen-bond donors (Lipinski definition) is 2. The Kier molecular flexibility index (Phi) is 7.22. The number of para-hydroxylation sites is 2. The Morgan fingerprint density at radius 2 is 2.13 bits per heavy atom. The molecule has 10 heteroatoms. The fourth-order valence-corrected chi connectivity index (χ4v) is 3.29. The van der Waals surface area contributed by atoms with Crippen LogP contribution in [0.3, 0.4) is 0 Å². The molecule has 0 unspecified atom stereocenters. The van der Waals surface area contributed by atoms with Crippen molar-refractivity contribution in [2.45, 2.75) is 13.5 Å². The molecule has 0 radical (unpaired) electrons. The van der Waals surface area contributed by atoms with Crippen molar-refractivity contribution in [3.8, 4) is 0 Å². The van der Waals surface area contributed by atoms with E-state index in [9.17, 15) is 10.1 Å². The first kappa shape index (κ1) is 22.3. The normalized spacial score (nSPS) is 15.4. The fourth-order valence-electron chi connectivity index (χ4n) is 3.18. The standard InChI is InChI=1S/C20H18ClN5O3.CH5N/c1-13(20-24-15-4-2-3-5-17(15)29-20)10-16(26(27)28)19-22-8-9-25(19)12-14-6-7-18(21)23-11-14;1-2/h2-7,10-11,22H,8-9,12H2,1H3;2H2,1H3/b13-10+,19-16-;. The first-order valence-corrected chi connectivity index (χ1v) is 9.99. The second-order valence-electron chi connectivity index (χ2n) is 6.64. The van der Waals surface area contributed by atoms with Crippen molar-refractivity contribution in [2.24, 2.45) is 5.73 Å². The highest BCUT2D eigenvalue weighted by Gasteiger charge is 2.27. The van der Waals surface area contributed by atoms with E-state index in [4.69, 9.17) is 16.0 Å². The molecule has 0 spiro atoms. The monoisotopic (exact) mass is 442 g/mol. The summed E-state index contributed by atoms with van der Waals surface area (Å²) in [5.74, 6) is 0.818. The molecule has 9 nitrogen and oxygen atoms in total. The molecule has 0 aliphatic carbocycles. The lowest BCUT2D eigenvalue weighted by Crippen LogP contribution is -2.23. The van der Waals surface area contributed by atoms with E-state index in [1.807, 2.05) is 35.2 Å². The van der Waals surface area contributed by atoms with Crippen molar-refractivity contribution in [1.82, 2.24) is 20.2 Å². The molecule has 1 aliphatic heterocycles. The van der Waals surface area contributed by atoms with Crippen LogP contribution >= 0.6 is 11.6 Å². The molecule has 0 bridgehead atoms. The third-order valence-electron chi connectivity index (χ3n) is 4.58. The van der Waals surface area contributed by atoms with Gasteiger partial charge in [-0.25, -0.2) is 9.97 Å². The number of nitrogens with zero attached hydrogens (tertiary/aromatic N) is 4. The number of oxazole rings is 1. The van der Waals surface area contributed by atoms with Gasteiger partial charge < -0.3 is 20.4 Å². The van der Waals surface area contributed by atoms with Gasteiger partial charge in [0.25, 0.3) is 0 Å². The molecule has 1 aliphatic rings. The van der Waals surface area contributed by atoms with Crippen LogP contribution in [0.4, 0.5) is 0 Å². The number of nitro groups is 1. The molecule has 4 rings (SSSR count). The van der Waals surface area contributed by atoms with Gasteiger partial charge in [-0.2, -0.15) is 0 Å². The molecule has 162 valence electrons. The first-order valence-electron chi connectivity index (χ1n) is 9.61. The molecule has 0 saturated carbocycles. The number of pyridine rings is 1. The van der Waals surface area contributed by atoms with E-state index in [2.05, 4.69) is 21.0 Å². The Balaban J connectivity index is 0.00000132. The Hall–Kier alpha value is -3.43. The summed E-state index contributed by atoms with van der Waals surface area (Å²) in [6, 6.07) is 10.9. The Bertz CT molecular complexity index is 1090. The van der Waals surface area contributed by atoms with Crippen molar-refractivity contribution in [3.05, 3.63) is 86.9 Å². The molecule has 1 fully saturated rings. The van der Waals surface area contributed by atoms with Crippen LogP contribution < -0.4 is 11.1 Å². The van der Waals surface area contributed by atoms with E-state index in [1.165, 1.54) is 13.1 Å². The molecule has 1 aromatic carbocycles. The second kappa shape index (κ2) is 10.1. The summed E-state index contributed by atoms with van der Waals surface area (Å²) < 4.78 is 5.73. The van der Waals surface area contributed by atoms with E-state index in [1.54, 1.807) is 19.2 Å². The van der Waals surface area contributed by atoms with Crippen molar-refractivity contribution >= 4 is 28.3 Å². The summed E-state index contributed by atoms with van der Waals surface area (Å²) in [7, 11) is 1.50. The summed E-state index contributed by atoms with van der Waals surface area (Å²) in [6.07, 6.45) is 3.16. The molecular formula is C21H23ClN6O3. The number of nitrogens with one attached hydrogen (secondary N) is 1. The second-order valence-corrected chi connectivity index (χ2v) is 7.03. The third kappa shape index (κ3) is 5.19. The lowest BCUT2D eigenvalue weighted by molar-refractivity contribution is -0.421. The number of hydrogen-bond acceptors (Lipinski definition) is 8. The highest BCUT2D eigenvalue weighted by molar-refractivity contribution is 6.29. The van der Waals surface area contributed by atoms with Gasteiger partial charge in [0, 0.05) is 37.5 Å². The van der Waals surface area contributed by atoms with E-state index < -0.39 is 4.92 Å². The molecule has 31 heavy (non-hydrogen) atoms. The summed E-state index contributed by atoms with van der Waals surface area (Å²) in [6.45, 7) is 3.49. The fraction of sp³-hybridized carbons (Fsp3) is 0.238. The Morgan fingerprint density at radius 3 is 2.81 bits per heavy atom. The Labute approximate surface area is 184 Å². The third-order valence-corrected chi connectivity index (χ3v) is 4.80. The van der Waals surface area contributed by atoms with Crippen LogP contribution in [0.2, 0.25) is 5.15 Å². The molecule has 3 N–H and O–H groups in total. The summed E-state index contributed by atoms with van der Waals surface area (Å²) in [4.78, 5) is 21.8. The van der Waals surface area contributed by atoms with Crippen LogP contribution in [0.25, 0.3) is 16.7 Å². The number of fused-ring (bicyclic) bond motifs is 1. The highest BCUT2D eigenvalue weighted by Crippen LogP contribution is 2.24. The first-order chi connectivity index (χ1) is 15.0. The van der Waals surface area contributed by atoms with E-state index in [0.717, 1.165) is 5.56 Å². The van der Waals surface area contributed by atoms with Gasteiger partial charge in [0.1, 0.15) is 10.7 Å². The summed E-state index contributed by atoms with van der Waals surface area (Å²) in [5, 5.41) is 15.4. The van der Waals surface area contributed by atoms with Crippen LogP contribution in [0.5, 0.6) is 0 Å². The summed E-state index contributed by atoms with van der Waals surface area (Å²) in [5.41, 5.74) is 7.30. The molecule has 1 saturated heterocycles. The quantitative estimate of drug-likeness (QED) is 0.350. The van der Waals surface area contributed by atoms with Crippen LogP contribution in [-0.4, -0.2) is 39.9 Å². The van der Waals surface area contributed by atoms with Gasteiger partial charge >= 0.3 is 5.70 Å². The minimum atomic E-state index is -0.396. The summed E-state index contributed by atoms with van der Waals surface area (Å²) >= 11 is 5.84. The smallest absolute Gasteiger partial charge is 0.309 e. The maximum absolute atomic E-state index is 11.8. The average molecular weight is 443 g/mol. The van der Waals surface area contributed by atoms with E-state index in [0.29, 0.717) is 53.2 Å². The number of benzene rings is 1. The molecule has 3 heterocycles. The molecule has 3 aromatic rings. The topological polar surface area (TPSA) is 123 Å². The number of allylic oxidation sites excluding steroid dienone is 2. The van der Waals surface area contributed by atoms with Crippen molar-refractivity contribution < 1.29 is 9.34 Å². The van der Waals surface area contributed by atoms with Crippen molar-refractivity contribution in [3.63, 3.8) is 0 Å². The van der Waals surface area contributed by atoms with Crippen molar-refractivity contribution in [2.75, 3.05) is 20.1 Å². The van der Waals surface area contributed by atoms with Gasteiger partial charge in [0.05, 0.1) is 4.92 Å². The molecule has 0 amide bonds. The van der Waals surface area contributed by atoms with E-state index in [-0.39, 0.29) is 5.70 Å². The van der Waals surface area contributed by atoms with Gasteiger partial charge in [-0.3, -0.25) is 10.1 Å². The SMILES string of the molecule is C/C(=C\C(=C1/NCCN1Cc1ccc(Cl)nc1)[N+](=O)[O-])c1nc2ccccc2o1.CN. The number of aromatic nitrogens is 2. The molecule has 2 aromatic heterocycles. The van der Waals surface area contributed by atoms with Gasteiger partial charge in [0.2, 0.25) is 5.89 Å². The zero-order valence-corrected chi connectivity index (χ0v) is 18.0. The van der Waals surface area contributed by atoms with Gasteiger partial charge in [-0.15, -0.1) is 0 Å². The van der Waals surface area contributed by atoms with Gasteiger partial charge in [-0.1, -0.05) is 29.8 Å².